The number of hydrogen-bond acceptors (Lipinski definition) is 2. The molecule has 19 heavy (non-hydrogen) atoms. The van der Waals surface area contributed by atoms with Gasteiger partial charge in [-0.15, -0.1) is 0 Å². The summed E-state index contributed by atoms with van der Waals surface area (Å²) in [4.78, 5) is 13.6. The van der Waals surface area contributed by atoms with Gasteiger partial charge in [0.05, 0.1) is 5.69 Å². The van der Waals surface area contributed by atoms with Crippen molar-refractivity contribution in [3.63, 3.8) is 0 Å². The van der Waals surface area contributed by atoms with E-state index < -0.39 is 0 Å². The maximum absolute atomic E-state index is 13.3. The molecular weight excluding hydrogens is 241 g/mol. The number of rotatable bonds is 4. The van der Waals surface area contributed by atoms with Gasteiger partial charge in [0, 0.05) is 17.8 Å². The van der Waals surface area contributed by atoms with E-state index in [4.69, 9.17) is 0 Å². The smallest absolute Gasteiger partial charge is 0.161 e. The summed E-state index contributed by atoms with van der Waals surface area (Å²) < 4.78 is 13.3. The van der Waals surface area contributed by atoms with Crippen molar-refractivity contribution in [3.05, 3.63) is 59.9 Å². The Bertz CT molecular complexity index is 595. The van der Waals surface area contributed by atoms with Crippen molar-refractivity contribution in [2.75, 3.05) is 11.4 Å². The Morgan fingerprint density at radius 2 is 1.89 bits per heavy atom. The van der Waals surface area contributed by atoms with Gasteiger partial charge in [0.15, 0.2) is 5.78 Å². The van der Waals surface area contributed by atoms with Crippen LogP contribution < -0.4 is 4.90 Å². The SMILES string of the molecule is CCN(c1cccc(F)c1)c1ccccc1C(C)=O. The molecule has 98 valence electrons. The molecular formula is C16H16FNO. The maximum Gasteiger partial charge on any atom is 0.161 e. The molecule has 0 unspecified atom stereocenters. The lowest BCUT2D eigenvalue weighted by atomic mass is 10.1. The molecule has 0 saturated carbocycles. The second-order valence-electron chi connectivity index (χ2n) is 4.30. The number of carbonyl (C=O) groups is 1. The van der Waals surface area contributed by atoms with Gasteiger partial charge in [0.1, 0.15) is 5.82 Å². The van der Waals surface area contributed by atoms with Crippen molar-refractivity contribution in [2.24, 2.45) is 0 Å². The average Bonchev–Trinajstić information content (AvgIpc) is 2.40. The summed E-state index contributed by atoms with van der Waals surface area (Å²) in [5, 5.41) is 0. The highest BCUT2D eigenvalue weighted by molar-refractivity contribution is 6.00. The molecule has 2 rings (SSSR count). The van der Waals surface area contributed by atoms with Gasteiger partial charge in [-0.3, -0.25) is 4.79 Å². The van der Waals surface area contributed by atoms with Crippen LogP contribution in [-0.4, -0.2) is 12.3 Å². The monoisotopic (exact) mass is 257 g/mol. The minimum atomic E-state index is -0.281. The molecule has 0 spiro atoms. The van der Waals surface area contributed by atoms with E-state index >= 15 is 0 Å². The van der Waals surface area contributed by atoms with Gasteiger partial charge in [0.2, 0.25) is 0 Å². The fraction of sp³-hybridized carbons (Fsp3) is 0.188. The zero-order valence-corrected chi connectivity index (χ0v) is 11.1. The number of Topliss-reactive ketones (excluding diaryl/α,β-unsaturated/α-hetero) is 1. The van der Waals surface area contributed by atoms with Crippen LogP contribution in [-0.2, 0) is 0 Å². The first-order chi connectivity index (χ1) is 9.13. The highest BCUT2D eigenvalue weighted by atomic mass is 19.1. The van der Waals surface area contributed by atoms with Gasteiger partial charge in [-0.1, -0.05) is 18.2 Å². The summed E-state index contributed by atoms with van der Waals surface area (Å²) in [6, 6.07) is 13.8. The minimum Gasteiger partial charge on any atom is -0.341 e. The lowest BCUT2D eigenvalue weighted by molar-refractivity contribution is 0.101. The van der Waals surface area contributed by atoms with Crippen molar-refractivity contribution in [1.82, 2.24) is 0 Å². The second kappa shape index (κ2) is 5.65. The zero-order chi connectivity index (χ0) is 13.8. The quantitative estimate of drug-likeness (QED) is 0.765. The van der Waals surface area contributed by atoms with Crippen LogP contribution in [0.25, 0.3) is 0 Å². The summed E-state index contributed by atoms with van der Waals surface area (Å²) in [5.74, 6) is -0.276. The molecule has 0 fully saturated rings. The summed E-state index contributed by atoms with van der Waals surface area (Å²) in [7, 11) is 0. The van der Waals surface area contributed by atoms with Gasteiger partial charge in [-0.2, -0.15) is 0 Å². The van der Waals surface area contributed by atoms with Crippen molar-refractivity contribution in [3.8, 4) is 0 Å². The second-order valence-corrected chi connectivity index (χ2v) is 4.30. The van der Waals surface area contributed by atoms with Crippen molar-refractivity contribution in [2.45, 2.75) is 13.8 Å². The Morgan fingerprint density at radius 3 is 2.53 bits per heavy atom. The minimum absolute atomic E-state index is 0.00505. The van der Waals surface area contributed by atoms with Crippen LogP contribution in [0, 0.1) is 5.82 Å². The first-order valence-electron chi connectivity index (χ1n) is 6.26. The molecule has 0 aliphatic carbocycles. The third-order valence-electron chi connectivity index (χ3n) is 3.01. The number of para-hydroxylation sites is 1. The van der Waals surface area contributed by atoms with E-state index in [-0.39, 0.29) is 11.6 Å². The third-order valence-corrected chi connectivity index (χ3v) is 3.01. The van der Waals surface area contributed by atoms with Crippen LogP contribution in [0.1, 0.15) is 24.2 Å². The number of nitrogens with zero attached hydrogens (tertiary/aromatic N) is 1. The number of anilines is 2. The highest BCUT2D eigenvalue weighted by Gasteiger charge is 2.14. The largest absolute Gasteiger partial charge is 0.341 e. The Kier molecular flexibility index (Phi) is 3.95. The fourth-order valence-electron chi connectivity index (χ4n) is 2.14. The van der Waals surface area contributed by atoms with Gasteiger partial charge in [-0.25, -0.2) is 4.39 Å². The fourth-order valence-corrected chi connectivity index (χ4v) is 2.14. The van der Waals surface area contributed by atoms with Crippen LogP contribution in [0.2, 0.25) is 0 Å². The van der Waals surface area contributed by atoms with E-state index in [9.17, 15) is 9.18 Å². The summed E-state index contributed by atoms with van der Waals surface area (Å²) in [6.45, 7) is 4.17. The molecule has 0 radical (unpaired) electrons. The number of ketones is 1. The van der Waals surface area contributed by atoms with Crippen LogP contribution in [0.3, 0.4) is 0 Å². The van der Waals surface area contributed by atoms with E-state index in [0.717, 1.165) is 11.4 Å². The Balaban J connectivity index is 2.51. The van der Waals surface area contributed by atoms with E-state index in [1.54, 1.807) is 12.1 Å². The number of benzene rings is 2. The van der Waals surface area contributed by atoms with Gasteiger partial charge in [0.25, 0.3) is 0 Å². The van der Waals surface area contributed by atoms with E-state index in [1.807, 2.05) is 36.1 Å². The van der Waals surface area contributed by atoms with E-state index in [2.05, 4.69) is 0 Å². The Labute approximate surface area is 112 Å². The van der Waals surface area contributed by atoms with Crippen LogP contribution >= 0.6 is 0 Å². The molecule has 3 heteroatoms. The van der Waals surface area contributed by atoms with E-state index in [0.29, 0.717) is 12.1 Å². The molecule has 2 aromatic carbocycles. The van der Waals surface area contributed by atoms with Crippen molar-refractivity contribution in [1.29, 1.82) is 0 Å². The number of carbonyl (C=O) groups excluding carboxylic acids is 1. The van der Waals surface area contributed by atoms with Crippen LogP contribution in [0.5, 0.6) is 0 Å². The Morgan fingerprint density at radius 1 is 1.16 bits per heavy atom. The third kappa shape index (κ3) is 2.81. The Hall–Kier alpha value is -2.16. The number of hydrogen-bond donors (Lipinski definition) is 0. The predicted molar refractivity (Wildman–Crippen MR) is 75.5 cm³/mol. The molecule has 2 aromatic rings. The molecule has 0 N–H and O–H groups in total. The predicted octanol–water partition coefficient (Wildman–Crippen LogP) is 4.19. The molecule has 0 aliphatic rings. The lowest BCUT2D eigenvalue weighted by Gasteiger charge is -2.25. The van der Waals surface area contributed by atoms with E-state index in [1.165, 1.54) is 19.1 Å². The topological polar surface area (TPSA) is 20.3 Å². The maximum atomic E-state index is 13.3. The van der Waals surface area contributed by atoms with Gasteiger partial charge in [-0.05, 0) is 44.2 Å². The van der Waals surface area contributed by atoms with Gasteiger partial charge < -0.3 is 4.90 Å². The van der Waals surface area contributed by atoms with Gasteiger partial charge >= 0.3 is 0 Å². The summed E-state index contributed by atoms with van der Waals surface area (Å²) >= 11 is 0. The molecule has 0 heterocycles. The molecule has 0 bridgehead atoms. The lowest BCUT2D eigenvalue weighted by Crippen LogP contribution is -2.18. The highest BCUT2D eigenvalue weighted by Crippen LogP contribution is 2.28. The van der Waals surface area contributed by atoms with Crippen LogP contribution in [0.4, 0.5) is 15.8 Å². The molecule has 0 saturated heterocycles. The molecule has 0 atom stereocenters. The molecule has 0 amide bonds. The van der Waals surface area contributed by atoms with Crippen molar-refractivity contribution >= 4 is 17.2 Å². The first kappa shape index (κ1) is 13.3. The zero-order valence-electron chi connectivity index (χ0n) is 11.1. The average molecular weight is 257 g/mol. The van der Waals surface area contributed by atoms with Crippen molar-refractivity contribution < 1.29 is 9.18 Å². The number of halogens is 1. The van der Waals surface area contributed by atoms with Crippen LogP contribution in [0.15, 0.2) is 48.5 Å². The standard InChI is InChI=1S/C16H16FNO/c1-3-18(14-8-6-7-13(17)11-14)16-10-5-4-9-15(16)12(2)19/h4-11H,3H2,1-2H3. The summed E-state index contributed by atoms with van der Waals surface area (Å²) in [5.41, 5.74) is 2.20. The molecule has 2 nitrogen and oxygen atoms in total. The molecule has 0 aromatic heterocycles. The summed E-state index contributed by atoms with van der Waals surface area (Å²) in [6.07, 6.45) is 0. The first-order valence-corrected chi connectivity index (χ1v) is 6.26. The molecule has 0 aliphatic heterocycles. The normalized spacial score (nSPS) is 10.3.